The smallest absolute Gasteiger partial charge is 0.225 e. The Hall–Kier alpha value is -0.420. The maximum atomic E-state index is 10.5. The van der Waals surface area contributed by atoms with Gasteiger partial charge in [0.15, 0.2) is 0 Å². The zero-order valence-corrected chi connectivity index (χ0v) is 11.8. The van der Waals surface area contributed by atoms with Crippen LogP contribution in [0.15, 0.2) is 17.5 Å². The van der Waals surface area contributed by atoms with Crippen LogP contribution in [0.4, 0.5) is 0 Å². The number of rotatable bonds is 5. The summed E-state index contributed by atoms with van der Waals surface area (Å²) in [7, 11) is 0. The monoisotopic (exact) mass is 295 g/mol. The standard InChI is InChI=1S/C6H8Cl2O2.C5H7NS/c1-2-4(6(8)10)3-5(7)9;6-4-5-2-1-3-7-5/h4H,2-3H2,1H3;1-3H,4,6H2. The normalized spacial score (nSPS) is 11.3. The molecule has 96 valence electrons. The maximum absolute atomic E-state index is 10.5. The summed E-state index contributed by atoms with van der Waals surface area (Å²) < 4.78 is 0. The van der Waals surface area contributed by atoms with Gasteiger partial charge in [0.05, 0.1) is 0 Å². The molecule has 1 heterocycles. The SMILES string of the molecule is CCC(CC(=O)Cl)C(=O)Cl.NCc1cccs1. The van der Waals surface area contributed by atoms with Gasteiger partial charge in [-0.1, -0.05) is 13.0 Å². The summed E-state index contributed by atoms with van der Waals surface area (Å²) in [6, 6.07) is 4.04. The summed E-state index contributed by atoms with van der Waals surface area (Å²) in [6.45, 7) is 2.46. The number of thiophene rings is 1. The Balaban J connectivity index is 0.000000318. The second kappa shape index (κ2) is 9.59. The van der Waals surface area contributed by atoms with Crippen LogP contribution in [0, 0.1) is 5.92 Å². The van der Waals surface area contributed by atoms with Gasteiger partial charge in [0.2, 0.25) is 10.5 Å². The van der Waals surface area contributed by atoms with Crippen LogP contribution < -0.4 is 5.73 Å². The van der Waals surface area contributed by atoms with Crippen molar-refractivity contribution in [2.75, 3.05) is 0 Å². The van der Waals surface area contributed by atoms with Crippen LogP contribution in [0.5, 0.6) is 0 Å². The highest BCUT2D eigenvalue weighted by Crippen LogP contribution is 2.13. The van der Waals surface area contributed by atoms with Gasteiger partial charge in [-0.3, -0.25) is 9.59 Å². The number of hydrogen-bond acceptors (Lipinski definition) is 4. The van der Waals surface area contributed by atoms with Crippen LogP contribution in [-0.4, -0.2) is 10.5 Å². The van der Waals surface area contributed by atoms with Crippen molar-refractivity contribution in [3.8, 4) is 0 Å². The highest BCUT2D eigenvalue weighted by Gasteiger charge is 2.16. The molecule has 0 fully saturated rings. The molecule has 3 nitrogen and oxygen atoms in total. The van der Waals surface area contributed by atoms with Crippen LogP contribution in [0.2, 0.25) is 0 Å². The molecule has 2 N–H and O–H groups in total. The van der Waals surface area contributed by atoms with Gasteiger partial charge in [0, 0.05) is 23.8 Å². The van der Waals surface area contributed by atoms with E-state index in [1.807, 2.05) is 17.5 Å². The summed E-state index contributed by atoms with van der Waals surface area (Å²) >= 11 is 11.9. The van der Waals surface area contributed by atoms with E-state index < -0.39 is 16.4 Å². The molecular formula is C11H15Cl2NO2S. The van der Waals surface area contributed by atoms with E-state index in [1.165, 1.54) is 4.88 Å². The minimum absolute atomic E-state index is 0.0421. The molecule has 0 saturated heterocycles. The third-order valence-corrected chi connectivity index (χ3v) is 3.36. The van der Waals surface area contributed by atoms with Gasteiger partial charge >= 0.3 is 0 Å². The van der Waals surface area contributed by atoms with Gasteiger partial charge < -0.3 is 5.73 Å². The molecule has 1 aromatic rings. The van der Waals surface area contributed by atoms with Crippen molar-refractivity contribution >= 4 is 45.0 Å². The van der Waals surface area contributed by atoms with Crippen molar-refractivity contribution in [2.45, 2.75) is 26.3 Å². The Labute approximate surface area is 115 Å². The third-order valence-electron chi connectivity index (χ3n) is 2.00. The molecule has 0 aliphatic carbocycles. The predicted octanol–water partition coefficient (Wildman–Crippen LogP) is 3.14. The van der Waals surface area contributed by atoms with Crippen LogP contribution in [0.3, 0.4) is 0 Å². The van der Waals surface area contributed by atoms with Crippen molar-refractivity contribution in [2.24, 2.45) is 11.7 Å². The maximum Gasteiger partial charge on any atom is 0.225 e. The molecule has 0 bridgehead atoms. The first kappa shape index (κ1) is 16.6. The molecule has 0 aliphatic heterocycles. The second-order valence-electron chi connectivity index (χ2n) is 3.25. The zero-order valence-electron chi connectivity index (χ0n) is 9.49. The van der Waals surface area contributed by atoms with Gasteiger partial charge in [0.1, 0.15) is 0 Å². The highest BCUT2D eigenvalue weighted by molar-refractivity contribution is 7.09. The Morgan fingerprint density at radius 2 is 2.12 bits per heavy atom. The minimum atomic E-state index is -0.513. The molecule has 0 amide bonds. The molecule has 1 rings (SSSR count). The fraction of sp³-hybridized carbons (Fsp3) is 0.455. The molecule has 1 unspecified atom stereocenters. The number of nitrogens with two attached hydrogens (primary N) is 1. The number of halogens is 2. The molecule has 0 spiro atoms. The predicted molar refractivity (Wildman–Crippen MR) is 72.3 cm³/mol. The number of carbonyl (C=O) groups is 2. The van der Waals surface area contributed by atoms with Crippen LogP contribution in [-0.2, 0) is 16.1 Å². The summed E-state index contributed by atoms with van der Waals surface area (Å²) in [5.41, 5.74) is 5.30. The molecular weight excluding hydrogens is 281 g/mol. The zero-order chi connectivity index (χ0) is 13.3. The van der Waals surface area contributed by atoms with E-state index in [0.29, 0.717) is 13.0 Å². The van der Waals surface area contributed by atoms with Crippen LogP contribution in [0.25, 0.3) is 0 Å². The summed E-state index contributed by atoms with van der Waals surface area (Å²) in [5.74, 6) is -0.410. The van der Waals surface area contributed by atoms with Crippen molar-refractivity contribution in [1.29, 1.82) is 0 Å². The summed E-state index contributed by atoms with van der Waals surface area (Å²) in [4.78, 5) is 22.0. The van der Waals surface area contributed by atoms with Crippen LogP contribution >= 0.6 is 34.5 Å². The van der Waals surface area contributed by atoms with Gasteiger partial charge in [-0.05, 0) is 41.1 Å². The van der Waals surface area contributed by atoms with E-state index in [1.54, 1.807) is 18.3 Å². The molecule has 0 saturated carbocycles. The largest absolute Gasteiger partial charge is 0.326 e. The number of hydrogen-bond donors (Lipinski definition) is 1. The average molecular weight is 296 g/mol. The van der Waals surface area contributed by atoms with Crippen LogP contribution in [0.1, 0.15) is 24.6 Å². The minimum Gasteiger partial charge on any atom is -0.326 e. The van der Waals surface area contributed by atoms with Gasteiger partial charge in [-0.25, -0.2) is 0 Å². The van der Waals surface area contributed by atoms with Gasteiger partial charge in [-0.15, -0.1) is 11.3 Å². The lowest BCUT2D eigenvalue weighted by Crippen LogP contribution is -2.10. The molecule has 0 radical (unpaired) electrons. The quantitative estimate of drug-likeness (QED) is 0.849. The van der Waals surface area contributed by atoms with Gasteiger partial charge in [0.25, 0.3) is 0 Å². The number of carbonyl (C=O) groups excluding carboxylic acids is 2. The van der Waals surface area contributed by atoms with E-state index in [-0.39, 0.29) is 6.42 Å². The third kappa shape index (κ3) is 8.32. The van der Waals surface area contributed by atoms with E-state index >= 15 is 0 Å². The van der Waals surface area contributed by atoms with Crippen molar-refractivity contribution in [3.63, 3.8) is 0 Å². The van der Waals surface area contributed by atoms with Crippen molar-refractivity contribution in [3.05, 3.63) is 22.4 Å². The Morgan fingerprint density at radius 1 is 1.47 bits per heavy atom. The lowest BCUT2D eigenvalue weighted by molar-refractivity contribution is -0.119. The fourth-order valence-corrected chi connectivity index (χ4v) is 2.01. The lowest BCUT2D eigenvalue weighted by Gasteiger charge is -2.03. The first-order valence-electron chi connectivity index (χ1n) is 5.11. The van der Waals surface area contributed by atoms with E-state index in [2.05, 4.69) is 0 Å². The fourth-order valence-electron chi connectivity index (χ4n) is 1.01. The van der Waals surface area contributed by atoms with E-state index in [9.17, 15) is 9.59 Å². The molecule has 0 aromatic carbocycles. The lowest BCUT2D eigenvalue weighted by atomic mass is 10.1. The van der Waals surface area contributed by atoms with Crippen molar-refractivity contribution in [1.82, 2.24) is 0 Å². The Kier molecular flexibility index (Phi) is 9.36. The molecule has 1 aromatic heterocycles. The van der Waals surface area contributed by atoms with E-state index in [4.69, 9.17) is 28.9 Å². The molecule has 6 heteroatoms. The second-order valence-corrected chi connectivity index (χ2v) is 5.08. The van der Waals surface area contributed by atoms with Crippen molar-refractivity contribution < 1.29 is 9.59 Å². The van der Waals surface area contributed by atoms with Gasteiger partial charge in [-0.2, -0.15) is 0 Å². The topological polar surface area (TPSA) is 60.2 Å². The Morgan fingerprint density at radius 3 is 2.29 bits per heavy atom. The molecule has 0 aliphatic rings. The van der Waals surface area contributed by atoms with E-state index in [0.717, 1.165) is 0 Å². The summed E-state index contributed by atoms with van der Waals surface area (Å²) in [5, 5.41) is 1.03. The first-order chi connectivity index (χ1) is 8.01. The average Bonchev–Trinajstić information content (AvgIpc) is 2.78. The molecule has 17 heavy (non-hydrogen) atoms. The summed E-state index contributed by atoms with van der Waals surface area (Å²) in [6.07, 6.45) is 0.598. The Bertz CT molecular complexity index is 341. The molecule has 1 atom stereocenters. The highest BCUT2D eigenvalue weighted by atomic mass is 35.5. The first-order valence-corrected chi connectivity index (χ1v) is 6.74.